The average Bonchev–Trinajstić information content (AvgIpc) is 2.26. The van der Waals surface area contributed by atoms with Crippen molar-refractivity contribution in [1.82, 2.24) is 0 Å². The van der Waals surface area contributed by atoms with Crippen LogP contribution < -0.4 is 0 Å². The summed E-state index contributed by atoms with van der Waals surface area (Å²) in [5, 5.41) is 13.6. The molecule has 0 heterocycles. The van der Waals surface area contributed by atoms with Crippen molar-refractivity contribution in [3.05, 3.63) is 35.4 Å². The molecule has 0 aromatic heterocycles. The van der Waals surface area contributed by atoms with Crippen molar-refractivity contribution in [3.8, 4) is 0 Å². The van der Waals surface area contributed by atoms with E-state index in [0.29, 0.717) is 5.71 Å². The van der Waals surface area contributed by atoms with Crippen LogP contribution in [0.15, 0.2) is 29.4 Å². The zero-order valence-corrected chi connectivity index (χ0v) is 9.49. The molecule has 0 amide bonds. The average molecular weight is 258 g/mol. The SMILES string of the molecule is CO/N=C(/CO)c1ccccc1CBr. The minimum Gasteiger partial charge on any atom is -0.399 e. The lowest BCUT2D eigenvalue weighted by Crippen LogP contribution is -2.09. The van der Waals surface area contributed by atoms with Crippen LogP contribution in [0.25, 0.3) is 0 Å². The highest BCUT2D eigenvalue weighted by Crippen LogP contribution is 2.13. The van der Waals surface area contributed by atoms with E-state index in [1.807, 2.05) is 24.3 Å². The van der Waals surface area contributed by atoms with E-state index in [1.54, 1.807) is 0 Å². The number of hydrogen-bond acceptors (Lipinski definition) is 3. The number of hydrogen-bond donors (Lipinski definition) is 1. The summed E-state index contributed by atoms with van der Waals surface area (Å²) in [4.78, 5) is 4.66. The Hall–Kier alpha value is -0.870. The van der Waals surface area contributed by atoms with Crippen molar-refractivity contribution < 1.29 is 9.94 Å². The van der Waals surface area contributed by atoms with E-state index < -0.39 is 0 Å². The molecule has 0 saturated heterocycles. The first-order chi connectivity index (χ1) is 6.83. The number of halogens is 1. The molecule has 0 atom stereocenters. The van der Waals surface area contributed by atoms with Gasteiger partial charge in [-0.25, -0.2) is 0 Å². The highest BCUT2D eigenvalue weighted by atomic mass is 79.9. The standard InChI is InChI=1S/C10H12BrNO2/c1-14-12-10(7-13)9-5-3-2-4-8(9)6-11/h2-5,13H,6-7H2,1H3/b12-10-. The molecular weight excluding hydrogens is 246 g/mol. The van der Waals surface area contributed by atoms with Crippen LogP contribution in [-0.2, 0) is 10.2 Å². The third-order valence-corrected chi connectivity index (χ3v) is 2.43. The van der Waals surface area contributed by atoms with Crippen LogP contribution in [0.4, 0.5) is 0 Å². The Morgan fingerprint density at radius 3 is 2.79 bits per heavy atom. The fraction of sp³-hybridized carbons (Fsp3) is 0.300. The molecule has 0 spiro atoms. The maximum atomic E-state index is 9.10. The molecule has 0 aliphatic carbocycles. The molecule has 0 aliphatic rings. The van der Waals surface area contributed by atoms with Crippen molar-refractivity contribution in [2.24, 2.45) is 5.16 Å². The van der Waals surface area contributed by atoms with Crippen LogP contribution in [0.3, 0.4) is 0 Å². The fourth-order valence-corrected chi connectivity index (χ4v) is 1.68. The molecule has 1 N–H and O–H groups in total. The summed E-state index contributed by atoms with van der Waals surface area (Å²) in [7, 11) is 1.46. The Balaban J connectivity index is 3.09. The van der Waals surface area contributed by atoms with E-state index in [0.717, 1.165) is 16.5 Å². The highest BCUT2D eigenvalue weighted by molar-refractivity contribution is 9.08. The van der Waals surface area contributed by atoms with Crippen LogP contribution in [0, 0.1) is 0 Å². The van der Waals surface area contributed by atoms with Gasteiger partial charge in [0.25, 0.3) is 0 Å². The molecule has 0 bridgehead atoms. The molecule has 0 unspecified atom stereocenters. The molecule has 1 rings (SSSR count). The predicted molar refractivity (Wildman–Crippen MR) is 59.7 cm³/mol. The number of alkyl halides is 1. The van der Waals surface area contributed by atoms with E-state index in [-0.39, 0.29) is 6.61 Å². The van der Waals surface area contributed by atoms with Gasteiger partial charge in [0.05, 0.1) is 6.61 Å². The molecule has 4 heteroatoms. The van der Waals surface area contributed by atoms with Gasteiger partial charge in [-0.15, -0.1) is 0 Å². The fourth-order valence-electron chi connectivity index (χ4n) is 1.19. The smallest absolute Gasteiger partial charge is 0.113 e. The monoisotopic (exact) mass is 257 g/mol. The van der Waals surface area contributed by atoms with Gasteiger partial charge in [0.1, 0.15) is 12.8 Å². The zero-order valence-electron chi connectivity index (χ0n) is 7.90. The highest BCUT2D eigenvalue weighted by Gasteiger charge is 2.07. The van der Waals surface area contributed by atoms with Gasteiger partial charge in [0, 0.05) is 10.9 Å². The normalized spacial score (nSPS) is 11.5. The Morgan fingerprint density at radius 1 is 1.50 bits per heavy atom. The van der Waals surface area contributed by atoms with Crippen LogP contribution in [0.2, 0.25) is 0 Å². The van der Waals surface area contributed by atoms with Gasteiger partial charge in [0.15, 0.2) is 0 Å². The molecule has 0 saturated carbocycles. The van der Waals surface area contributed by atoms with Crippen LogP contribution in [-0.4, -0.2) is 24.5 Å². The van der Waals surface area contributed by atoms with Gasteiger partial charge < -0.3 is 9.94 Å². The summed E-state index contributed by atoms with van der Waals surface area (Å²) >= 11 is 3.38. The van der Waals surface area contributed by atoms with Crippen molar-refractivity contribution in [3.63, 3.8) is 0 Å². The summed E-state index contributed by atoms with van der Waals surface area (Å²) in [5.74, 6) is 0. The minimum atomic E-state index is -0.127. The van der Waals surface area contributed by atoms with Gasteiger partial charge in [0.2, 0.25) is 0 Å². The zero-order chi connectivity index (χ0) is 10.4. The van der Waals surface area contributed by atoms with Crippen molar-refractivity contribution in [1.29, 1.82) is 0 Å². The number of aliphatic hydroxyl groups excluding tert-OH is 1. The number of rotatable bonds is 4. The molecule has 0 aliphatic heterocycles. The number of nitrogens with zero attached hydrogens (tertiary/aromatic N) is 1. The number of oxime groups is 1. The van der Waals surface area contributed by atoms with E-state index in [4.69, 9.17) is 5.11 Å². The molecular formula is C10H12BrNO2. The van der Waals surface area contributed by atoms with E-state index in [9.17, 15) is 0 Å². The van der Waals surface area contributed by atoms with E-state index in [2.05, 4.69) is 25.9 Å². The summed E-state index contributed by atoms with van der Waals surface area (Å²) in [6, 6.07) is 7.74. The third kappa shape index (κ3) is 2.56. The molecule has 1 aromatic rings. The predicted octanol–water partition coefficient (Wildman–Crippen LogP) is 1.92. The topological polar surface area (TPSA) is 41.8 Å². The first kappa shape index (κ1) is 11.2. The van der Waals surface area contributed by atoms with E-state index in [1.165, 1.54) is 7.11 Å². The van der Waals surface area contributed by atoms with Crippen molar-refractivity contribution in [2.45, 2.75) is 5.33 Å². The van der Waals surface area contributed by atoms with Crippen LogP contribution in [0.1, 0.15) is 11.1 Å². The van der Waals surface area contributed by atoms with Gasteiger partial charge in [-0.05, 0) is 5.56 Å². The molecule has 1 aromatic carbocycles. The lowest BCUT2D eigenvalue weighted by Gasteiger charge is -2.06. The summed E-state index contributed by atoms with van der Waals surface area (Å²) in [5.41, 5.74) is 2.54. The Bertz CT molecular complexity index is 326. The molecule has 0 fully saturated rings. The third-order valence-electron chi connectivity index (χ3n) is 1.82. The first-order valence-corrected chi connectivity index (χ1v) is 5.30. The molecule has 3 nitrogen and oxygen atoms in total. The Labute approximate surface area is 91.5 Å². The van der Waals surface area contributed by atoms with Gasteiger partial charge >= 0.3 is 0 Å². The van der Waals surface area contributed by atoms with Gasteiger partial charge in [-0.1, -0.05) is 45.4 Å². The molecule has 0 radical (unpaired) electrons. The second-order valence-electron chi connectivity index (χ2n) is 2.67. The second kappa shape index (κ2) is 5.78. The molecule has 76 valence electrons. The Kier molecular flexibility index (Phi) is 4.62. The van der Waals surface area contributed by atoms with Gasteiger partial charge in [-0.2, -0.15) is 0 Å². The summed E-state index contributed by atoms with van der Waals surface area (Å²) in [6.07, 6.45) is 0. The molecule has 14 heavy (non-hydrogen) atoms. The number of benzene rings is 1. The lowest BCUT2D eigenvalue weighted by molar-refractivity contribution is 0.209. The lowest BCUT2D eigenvalue weighted by atomic mass is 10.1. The van der Waals surface area contributed by atoms with Gasteiger partial charge in [-0.3, -0.25) is 0 Å². The minimum absolute atomic E-state index is 0.127. The largest absolute Gasteiger partial charge is 0.399 e. The van der Waals surface area contributed by atoms with Crippen LogP contribution in [0.5, 0.6) is 0 Å². The maximum absolute atomic E-state index is 9.10. The first-order valence-electron chi connectivity index (χ1n) is 4.18. The summed E-state index contributed by atoms with van der Waals surface area (Å²) in [6.45, 7) is -0.127. The number of aliphatic hydroxyl groups is 1. The van der Waals surface area contributed by atoms with E-state index >= 15 is 0 Å². The summed E-state index contributed by atoms with van der Waals surface area (Å²) < 4.78 is 0. The second-order valence-corrected chi connectivity index (χ2v) is 3.23. The van der Waals surface area contributed by atoms with Crippen LogP contribution >= 0.6 is 15.9 Å². The van der Waals surface area contributed by atoms with Crippen molar-refractivity contribution in [2.75, 3.05) is 13.7 Å². The quantitative estimate of drug-likeness (QED) is 0.509. The maximum Gasteiger partial charge on any atom is 0.113 e. The Morgan fingerprint density at radius 2 is 2.21 bits per heavy atom. The van der Waals surface area contributed by atoms with Crippen molar-refractivity contribution >= 4 is 21.6 Å².